The van der Waals surface area contributed by atoms with E-state index >= 15 is 0 Å². The first-order valence-corrected chi connectivity index (χ1v) is 14.1. The lowest BCUT2D eigenvalue weighted by atomic mass is 10.1. The van der Waals surface area contributed by atoms with E-state index in [0.717, 1.165) is 32.0 Å². The quantitative estimate of drug-likeness (QED) is 0.162. The number of anilines is 3. The van der Waals surface area contributed by atoms with Crippen LogP contribution in [0.1, 0.15) is 16.0 Å². The fourth-order valence-electron chi connectivity index (χ4n) is 4.64. The molecular formula is C34H23N3S2. The molecule has 0 aliphatic heterocycles. The van der Waals surface area contributed by atoms with Gasteiger partial charge in [0.15, 0.2) is 0 Å². The number of thiophene rings is 2. The van der Waals surface area contributed by atoms with Crippen LogP contribution >= 0.6 is 22.7 Å². The lowest BCUT2D eigenvalue weighted by Gasteiger charge is -2.26. The van der Waals surface area contributed by atoms with Crippen molar-refractivity contribution in [1.82, 2.24) is 0 Å². The summed E-state index contributed by atoms with van der Waals surface area (Å²) in [6, 6.07) is 36.8. The number of fused-ring (bicyclic) bond motifs is 2. The van der Waals surface area contributed by atoms with E-state index in [1.165, 1.54) is 31.7 Å². The van der Waals surface area contributed by atoms with Gasteiger partial charge in [0, 0.05) is 36.2 Å². The molecule has 3 nitrogen and oxygen atoms in total. The molecule has 0 saturated carbocycles. The number of hydrogen-bond acceptors (Lipinski definition) is 4. The van der Waals surface area contributed by atoms with E-state index in [4.69, 9.17) is 11.8 Å². The van der Waals surface area contributed by atoms with Crippen molar-refractivity contribution in [2.45, 2.75) is 13.8 Å². The van der Waals surface area contributed by atoms with Crippen LogP contribution in [-0.2, 0) is 0 Å². The average Bonchev–Trinajstić information content (AvgIpc) is 3.55. The summed E-state index contributed by atoms with van der Waals surface area (Å²) in [6.07, 6.45) is 1.66. The zero-order valence-electron chi connectivity index (χ0n) is 21.5. The topological polar surface area (TPSA) is 31.4 Å². The number of allylic oxidation sites excluding steroid dienone is 1. The first-order chi connectivity index (χ1) is 19.0. The van der Waals surface area contributed by atoms with Gasteiger partial charge < -0.3 is 4.90 Å². The van der Waals surface area contributed by atoms with E-state index in [1.807, 2.05) is 6.07 Å². The van der Waals surface area contributed by atoms with Gasteiger partial charge in [0.2, 0.25) is 0 Å². The highest BCUT2D eigenvalue weighted by Gasteiger charge is 2.14. The molecule has 0 spiro atoms. The molecule has 6 rings (SSSR count). The van der Waals surface area contributed by atoms with Gasteiger partial charge in [0.05, 0.1) is 12.6 Å². The maximum Gasteiger partial charge on any atom is 0.263 e. The summed E-state index contributed by atoms with van der Waals surface area (Å²) in [5, 5.41) is 11.4. The standard InChI is InChI=1S/C34H23N3S2/c1-22-4-10-28(11-5-22)37(29-12-6-23(2)7-13-29)30-14-8-24(9-15-30)32-18-26-19-33-25(17-34(26)39-32)16-31(38-33)20-27(21-35)36-3/h4-20H,1-2H3/b27-20-. The second-order valence-corrected chi connectivity index (χ2v) is 11.7. The molecule has 0 radical (unpaired) electrons. The van der Waals surface area contributed by atoms with Gasteiger partial charge in [-0.3, -0.25) is 0 Å². The molecule has 2 heterocycles. The number of nitriles is 1. The van der Waals surface area contributed by atoms with Gasteiger partial charge in [-0.15, -0.1) is 22.7 Å². The number of nitrogens with zero attached hydrogens (tertiary/aromatic N) is 3. The van der Waals surface area contributed by atoms with Gasteiger partial charge in [-0.2, -0.15) is 0 Å². The molecule has 0 aliphatic rings. The molecular weight excluding hydrogens is 515 g/mol. The molecule has 0 saturated heterocycles. The van der Waals surface area contributed by atoms with Crippen molar-refractivity contribution in [2.75, 3.05) is 4.90 Å². The molecule has 4 aromatic carbocycles. The van der Waals surface area contributed by atoms with E-state index in [2.05, 4.69) is 121 Å². The van der Waals surface area contributed by atoms with E-state index in [0.29, 0.717) is 0 Å². The summed E-state index contributed by atoms with van der Waals surface area (Å²) in [7, 11) is 0. The van der Waals surface area contributed by atoms with Gasteiger partial charge in [-0.25, -0.2) is 10.1 Å². The Kier molecular flexibility index (Phi) is 6.47. The van der Waals surface area contributed by atoms with Gasteiger partial charge in [-0.1, -0.05) is 47.5 Å². The van der Waals surface area contributed by atoms with Gasteiger partial charge in [-0.05, 0) is 96.9 Å². The van der Waals surface area contributed by atoms with Crippen molar-refractivity contribution >= 4 is 66.0 Å². The molecule has 0 aliphatic carbocycles. The maximum absolute atomic E-state index is 9.08. The number of aryl methyl sites for hydroxylation is 2. The SMILES string of the molecule is [C-]#[N+]/C(C#N)=C\c1cc2cc3sc(-c4ccc(N(c5ccc(C)cc5)c5ccc(C)cc5)cc4)cc3cc2s1. The highest BCUT2D eigenvalue weighted by atomic mass is 32.1. The van der Waals surface area contributed by atoms with Gasteiger partial charge in [0.25, 0.3) is 5.70 Å². The third-order valence-electron chi connectivity index (χ3n) is 6.68. The van der Waals surface area contributed by atoms with Gasteiger partial charge in [0.1, 0.15) is 0 Å². The largest absolute Gasteiger partial charge is 0.311 e. The molecule has 0 unspecified atom stereocenters. The number of rotatable bonds is 5. The highest BCUT2D eigenvalue weighted by molar-refractivity contribution is 7.23. The first-order valence-electron chi connectivity index (χ1n) is 12.5. The summed E-state index contributed by atoms with van der Waals surface area (Å²) in [4.78, 5) is 7.72. The molecule has 0 bridgehead atoms. The van der Waals surface area contributed by atoms with Crippen molar-refractivity contribution in [3.05, 3.63) is 130 Å². The minimum atomic E-state index is 0.109. The Hall–Kier alpha value is -4.68. The van der Waals surface area contributed by atoms with Crippen LogP contribution in [0.3, 0.4) is 0 Å². The van der Waals surface area contributed by atoms with Crippen LogP contribution in [0.4, 0.5) is 17.1 Å². The third kappa shape index (κ3) is 4.94. The second kappa shape index (κ2) is 10.2. The maximum atomic E-state index is 9.08. The molecule has 0 fully saturated rings. The Balaban J connectivity index is 1.34. The van der Waals surface area contributed by atoms with Crippen molar-refractivity contribution < 1.29 is 0 Å². The number of benzene rings is 4. The Bertz CT molecular complexity index is 1810. The van der Waals surface area contributed by atoms with E-state index in [-0.39, 0.29) is 5.70 Å². The Morgan fingerprint density at radius 2 is 1.26 bits per heavy atom. The van der Waals surface area contributed by atoms with Crippen molar-refractivity contribution in [3.8, 4) is 16.5 Å². The molecule has 6 aromatic rings. The summed E-state index contributed by atoms with van der Waals surface area (Å²) in [5.74, 6) is 0. The minimum absolute atomic E-state index is 0.109. The predicted octanol–water partition coefficient (Wildman–Crippen LogP) is 10.7. The fraction of sp³-hybridized carbons (Fsp3) is 0.0588. The van der Waals surface area contributed by atoms with E-state index < -0.39 is 0 Å². The normalized spacial score (nSPS) is 11.4. The minimum Gasteiger partial charge on any atom is -0.311 e. The van der Waals surface area contributed by atoms with Crippen LogP contribution in [-0.4, -0.2) is 0 Å². The van der Waals surface area contributed by atoms with Crippen LogP contribution in [0.25, 0.3) is 41.5 Å². The summed E-state index contributed by atoms with van der Waals surface area (Å²) in [5.41, 5.74) is 7.16. The fourth-order valence-corrected chi connectivity index (χ4v) is 6.77. The lowest BCUT2D eigenvalue weighted by Crippen LogP contribution is -2.09. The van der Waals surface area contributed by atoms with Crippen molar-refractivity contribution in [2.24, 2.45) is 0 Å². The lowest BCUT2D eigenvalue weighted by molar-refractivity contribution is 1.27. The molecule has 0 atom stereocenters. The smallest absolute Gasteiger partial charge is 0.263 e. The number of hydrogen-bond donors (Lipinski definition) is 0. The molecule has 0 amide bonds. The average molecular weight is 538 g/mol. The molecule has 39 heavy (non-hydrogen) atoms. The highest BCUT2D eigenvalue weighted by Crippen LogP contribution is 2.40. The summed E-state index contributed by atoms with van der Waals surface area (Å²) < 4.78 is 2.38. The van der Waals surface area contributed by atoms with Crippen LogP contribution in [0.15, 0.2) is 103 Å². The van der Waals surface area contributed by atoms with Crippen molar-refractivity contribution in [1.29, 1.82) is 5.26 Å². The first kappa shape index (κ1) is 24.6. The van der Waals surface area contributed by atoms with Crippen LogP contribution in [0, 0.1) is 31.8 Å². The zero-order valence-corrected chi connectivity index (χ0v) is 23.1. The Morgan fingerprint density at radius 3 is 1.79 bits per heavy atom. The summed E-state index contributed by atoms with van der Waals surface area (Å²) >= 11 is 3.39. The Morgan fingerprint density at radius 1 is 0.744 bits per heavy atom. The molecule has 2 aromatic heterocycles. The molecule has 0 N–H and O–H groups in total. The van der Waals surface area contributed by atoms with E-state index in [9.17, 15) is 0 Å². The summed E-state index contributed by atoms with van der Waals surface area (Å²) in [6.45, 7) is 11.3. The molecule has 5 heteroatoms. The zero-order chi connectivity index (χ0) is 26.9. The predicted molar refractivity (Wildman–Crippen MR) is 167 cm³/mol. The van der Waals surface area contributed by atoms with Crippen LogP contribution < -0.4 is 4.90 Å². The van der Waals surface area contributed by atoms with E-state index in [1.54, 1.807) is 28.7 Å². The van der Waals surface area contributed by atoms with Crippen LogP contribution in [0.5, 0.6) is 0 Å². The van der Waals surface area contributed by atoms with Crippen molar-refractivity contribution in [3.63, 3.8) is 0 Å². The Labute approximate surface area is 236 Å². The third-order valence-corrected chi connectivity index (χ3v) is 8.87. The monoisotopic (exact) mass is 537 g/mol. The molecule has 186 valence electrons. The van der Waals surface area contributed by atoms with Gasteiger partial charge >= 0.3 is 0 Å². The van der Waals surface area contributed by atoms with Crippen LogP contribution in [0.2, 0.25) is 0 Å². The second-order valence-electron chi connectivity index (χ2n) is 9.49.